The Morgan fingerprint density at radius 2 is 1.81 bits per heavy atom. The highest BCUT2D eigenvalue weighted by molar-refractivity contribution is 5.29. The van der Waals surface area contributed by atoms with Crippen molar-refractivity contribution in [3.8, 4) is 5.75 Å². The van der Waals surface area contributed by atoms with Crippen molar-refractivity contribution >= 4 is 0 Å². The van der Waals surface area contributed by atoms with Crippen molar-refractivity contribution < 1.29 is 4.74 Å². The monoisotopic (exact) mass is 288 g/mol. The number of ether oxygens (including phenoxy) is 1. The first-order valence-corrected chi connectivity index (χ1v) is 8.49. The lowest BCUT2D eigenvalue weighted by molar-refractivity contribution is 0.184. The summed E-state index contributed by atoms with van der Waals surface area (Å²) in [4.78, 5) is 2.68. The van der Waals surface area contributed by atoms with Gasteiger partial charge in [0, 0.05) is 18.1 Å². The molecule has 21 heavy (non-hydrogen) atoms. The molecule has 1 saturated heterocycles. The van der Waals surface area contributed by atoms with Crippen LogP contribution >= 0.6 is 0 Å². The van der Waals surface area contributed by atoms with Crippen molar-refractivity contribution in [2.24, 2.45) is 0 Å². The van der Waals surface area contributed by atoms with Crippen LogP contribution in [0.25, 0.3) is 0 Å². The Morgan fingerprint density at radius 1 is 1.14 bits per heavy atom. The van der Waals surface area contributed by atoms with E-state index in [4.69, 9.17) is 4.74 Å². The number of benzene rings is 1. The second-order valence-corrected chi connectivity index (χ2v) is 6.43. The minimum absolute atomic E-state index is 0.415. The van der Waals surface area contributed by atoms with E-state index < -0.39 is 0 Å². The number of nitrogens with zero attached hydrogens (tertiary/aromatic N) is 1. The highest BCUT2D eigenvalue weighted by Crippen LogP contribution is 2.29. The Kier molecular flexibility index (Phi) is 4.81. The molecule has 0 amide bonds. The molecule has 3 heteroatoms. The van der Waals surface area contributed by atoms with Crippen LogP contribution in [-0.2, 0) is 0 Å². The Labute approximate surface area is 128 Å². The van der Waals surface area contributed by atoms with Gasteiger partial charge in [0.15, 0.2) is 0 Å². The van der Waals surface area contributed by atoms with E-state index in [2.05, 4.69) is 41.4 Å². The third-order valence-corrected chi connectivity index (χ3v) is 4.77. The normalized spacial score (nSPS) is 22.2. The Hall–Kier alpha value is -1.06. The van der Waals surface area contributed by atoms with Crippen LogP contribution in [0.1, 0.15) is 51.1 Å². The number of rotatable bonds is 6. The zero-order chi connectivity index (χ0) is 14.7. The van der Waals surface area contributed by atoms with Gasteiger partial charge in [-0.2, -0.15) is 0 Å². The second-order valence-electron chi connectivity index (χ2n) is 6.43. The molecule has 116 valence electrons. The molecule has 1 atom stereocenters. The first-order chi connectivity index (χ1) is 10.3. The Bertz CT molecular complexity index is 433. The molecule has 1 aromatic rings. The first kappa shape index (κ1) is 14.9. The van der Waals surface area contributed by atoms with Crippen LogP contribution in [0.2, 0.25) is 0 Å². The van der Waals surface area contributed by atoms with Crippen molar-refractivity contribution in [3.05, 3.63) is 29.8 Å². The van der Waals surface area contributed by atoms with E-state index in [1.165, 1.54) is 44.3 Å². The lowest BCUT2D eigenvalue weighted by atomic mass is 10.0. The first-order valence-electron chi connectivity index (χ1n) is 8.49. The third-order valence-electron chi connectivity index (χ3n) is 4.77. The van der Waals surface area contributed by atoms with E-state index >= 15 is 0 Å². The van der Waals surface area contributed by atoms with E-state index in [0.29, 0.717) is 12.1 Å². The largest absolute Gasteiger partial charge is 0.494 e. The summed E-state index contributed by atoms with van der Waals surface area (Å²) in [6.07, 6.45) is 5.44. The predicted molar refractivity (Wildman–Crippen MR) is 86.8 cm³/mol. The Balaban J connectivity index is 1.48. The molecule has 0 aromatic heterocycles. The van der Waals surface area contributed by atoms with E-state index in [9.17, 15) is 0 Å². The number of likely N-dealkylation sites (tertiary alicyclic amines) is 1. The fraction of sp³-hybridized carbons (Fsp3) is 0.667. The van der Waals surface area contributed by atoms with Crippen LogP contribution in [-0.4, -0.2) is 36.7 Å². The highest BCUT2D eigenvalue weighted by Gasteiger charge is 2.31. The van der Waals surface area contributed by atoms with Gasteiger partial charge in [0.1, 0.15) is 5.75 Å². The molecule has 1 saturated carbocycles. The summed E-state index contributed by atoms with van der Waals surface area (Å²) in [5, 5.41) is 3.80. The van der Waals surface area contributed by atoms with Crippen LogP contribution in [0, 0.1) is 0 Å². The van der Waals surface area contributed by atoms with Gasteiger partial charge >= 0.3 is 0 Å². The Morgan fingerprint density at radius 3 is 2.38 bits per heavy atom. The molecule has 3 nitrogen and oxygen atoms in total. The van der Waals surface area contributed by atoms with E-state index in [1.807, 2.05) is 6.92 Å². The number of hydrogen-bond donors (Lipinski definition) is 1. The fourth-order valence-corrected chi connectivity index (χ4v) is 3.34. The SMILES string of the molecule is CCOc1ccc(C(C)NC2CCN(C3CC3)CC2)cc1. The fourth-order valence-electron chi connectivity index (χ4n) is 3.34. The summed E-state index contributed by atoms with van der Waals surface area (Å²) in [6, 6.07) is 10.5. The summed E-state index contributed by atoms with van der Waals surface area (Å²) in [5.74, 6) is 0.964. The van der Waals surface area contributed by atoms with E-state index in [0.717, 1.165) is 18.4 Å². The topological polar surface area (TPSA) is 24.5 Å². The summed E-state index contributed by atoms with van der Waals surface area (Å²) in [6.45, 7) is 7.57. The molecule has 1 aliphatic carbocycles. The zero-order valence-electron chi connectivity index (χ0n) is 13.3. The van der Waals surface area contributed by atoms with Gasteiger partial charge in [-0.1, -0.05) is 12.1 Å². The molecule has 1 aromatic carbocycles. The van der Waals surface area contributed by atoms with Crippen LogP contribution in [0.4, 0.5) is 0 Å². The highest BCUT2D eigenvalue weighted by atomic mass is 16.5. The number of nitrogens with one attached hydrogen (secondary N) is 1. The standard InChI is InChI=1S/C18H28N2O/c1-3-21-18-8-4-15(5-9-18)14(2)19-16-10-12-20(13-11-16)17-6-7-17/h4-5,8-9,14,16-17,19H,3,6-7,10-13H2,1-2H3. The molecular formula is C18H28N2O. The molecule has 0 radical (unpaired) electrons. The van der Waals surface area contributed by atoms with Gasteiger partial charge in [0.05, 0.1) is 6.61 Å². The van der Waals surface area contributed by atoms with Crippen LogP contribution in [0.5, 0.6) is 5.75 Å². The number of piperidine rings is 1. The number of hydrogen-bond acceptors (Lipinski definition) is 3. The molecule has 1 unspecified atom stereocenters. The van der Waals surface area contributed by atoms with Crippen LogP contribution in [0.15, 0.2) is 24.3 Å². The van der Waals surface area contributed by atoms with Crippen molar-refractivity contribution in [1.29, 1.82) is 0 Å². The minimum Gasteiger partial charge on any atom is -0.494 e. The van der Waals surface area contributed by atoms with Crippen molar-refractivity contribution in [2.75, 3.05) is 19.7 Å². The lowest BCUT2D eigenvalue weighted by Gasteiger charge is -2.34. The maximum atomic E-state index is 5.50. The van der Waals surface area contributed by atoms with Gasteiger partial charge in [0.25, 0.3) is 0 Å². The van der Waals surface area contributed by atoms with Crippen molar-refractivity contribution in [2.45, 2.75) is 57.7 Å². The molecule has 2 fully saturated rings. The molecule has 3 rings (SSSR count). The van der Waals surface area contributed by atoms with E-state index in [-0.39, 0.29) is 0 Å². The minimum atomic E-state index is 0.415. The van der Waals surface area contributed by atoms with Gasteiger partial charge in [-0.25, -0.2) is 0 Å². The smallest absolute Gasteiger partial charge is 0.119 e. The molecule has 1 aliphatic heterocycles. The average molecular weight is 288 g/mol. The van der Waals surface area contributed by atoms with Gasteiger partial charge in [-0.15, -0.1) is 0 Å². The van der Waals surface area contributed by atoms with Gasteiger partial charge in [0.2, 0.25) is 0 Å². The molecule has 1 N–H and O–H groups in total. The summed E-state index contributed by atoms with van der Waals surface area (Å²) in [7, 11) is 0. The van der Waals surface area contributed by atoms with Crippen molar-refractivity contribution in [1.82, 2.24) is 10.2 Å². The third kappa shape index (κ3) is 3.98. The van der Waals surface area contributed by atoms with Gasteiger partial charge in [-0.3, -0.25) is 0 Å². The molecule has 2 aliphatic rings. The second kappa shape index (κ2) is 6.80. The van der Waals surface area contributed by atoms with Crippen LogP contribution < -0.4 is 10.1 Å². The summed E-state index contributed by atoms with van der Waals surface area (Å²) < 4.78 is 5.50. The maximum Gasteiger partial charge on any atom is 0.119 e. The van der Waals surface area contributed by atoms with Crippen molar-refractivity contribution in [3.63, 3.8) is 0 Å². The predicted octanol–water partition coefficient (Wildman–Crippen LogP) is 3.36. The molecular weight excluding hydrogens is 260 g/mol. The quantitative estimate of drug-likeness (QED) is 0.868. The average Bonchev–Trinajstić information content (AvgIpc) is 3.34. The van der Waals surface area contributed by atoms with Gasteiger partial charge < -0.3 is 15.0 Å². The molecule has 0 spiro atoms. The van der Waals surface area contributed by atoms with Crippen LogP contribution in [0.3, 0.4) is 0 Å². The summed E-state index contributed by atoms with van der Waals surface area (Å²) >= 11 is 0. The van der Waals surface area contributed by atoms with E-state index in [1.54, 1.807) is 0 Å². The maximum absolute atomic E-state index is 5.50. The molecule has 1 heterocycles. The van der Waals surface area contributed by atoms with Gasteiger partial charge in [-0.05, 0) is 70.3 Å². The lowest BCUT2D eigenvalue weighted by Crippen LogP contribution is -2.44. The molecule has 0 bridgehead atoms. The zero-order valence-corrected chi connectivity index (χ0v) is 13.3. The summed E-state index contributed by atoms with van der Waals surface area (Å²) in [5.41, 5.74) is 1.35.